The number of carbonyl (C=O) groups excluding carboxylic acids is 1. The van der Waals surface area contributed by atoms with Gasteiger partial charge in [0.2, 0.25) is 5.82 Å². The second kappa shape index (κ2) is 6.12. The Morgan fingerprint density at radius 2 is 2.35 bits per heavy atom. The van der Waals surface area contributed by atoms with Crippen molar-refractivity contribution in [3.05, 3.63) is 27.4 Å². The van der Waals surface area contributed by atoms with Crippen LogP contribution < -0.4 is 5.32 Å². The summed E-state index contributed by atoms with van der Waals surface area (Å²) in [6.07, 6.45) is 0. The minimum atomic E-state index is -0.653. The molecule has 0 saturated heterocycles. The SMILES string of the molecule is CCOCC(=O)Nc1nc(Cl)ccc1[N+](=O)[O-]. The summed E-state index contributed by atoms with van der Waals surface area (Å²) in [5.74, 6) is -0.711. The summed E-state index contributed by atoms with van der Waals surface area (Å²) in [4.78, 5) is 25.0. The van der Waals surface area contributed by atoms with Crippen molar-refractivity contribution >= 4 is 29.0 Å². The average molecular weight is 260 g/mol. The van der Waals surface area contributed by atoms with E-state index in [2.05, 4.69) is 10.3 Å². The second-order valence-electron chi connectivity index (χ2n) is 2.94. The van der Waals surface area contributed by atoms with E-state index in [4.69, 9.17) is 16.3 Å². The molecule has 0 spiro atoms. The third kappa shape index (κ3) is 3.97. The summed E-state index contributed by atoms with van der Waals surface area (Å²) >= 11 is 5.59. The number of hydrogen-bond donors (Lipinski definition) is 1. The van der Waals surface area contributed by atoms with E-state index < -0.39 is 10.8 Å². The number of halogens is 1. The zero-order chi connectivity index (χ0) is 12.8. The Kier molecular flexibility index (Phi) is 4.80. The largest absolute Gasteiger partial charge is 0.372 e. The molecule has 1 amide bonds. The number of hydrogen-bond acceptors (Lipinski definition) is 5. The van der Waals surface area contributed by atoms with Gasteiger partial charge in [-0.25, -0.2) is 4.98 Å². The molecule has 0 aromatic carbocycles. The topological polar surface area (TPSA) is 94.4 Å². The highest BCUT2D eigenvalue weighted by Gasteiger charge is 2.17. The number of rotatable bonds is 5. The molecule has 1 heterocycles. The van der Waals surface area contributed by atoms with E-state index in [1.807, 2.05) is 0 Å². The smallest absolute Gasteiger partial charge is 0.311 e. The van der Waals surface area contributed by atoms with Gasteiger partial charge in [-0.15, -0.1) is 0 Å². The van der Waals surface area contributed by atoms with Crippen LogP contribution in [0.3, 0.4) is 0 Å². The van der Waals surface area contributed by atoms with Crippen LogP contribution in [0.2, 0.25) is 5.15 Å². The maximum Gasteiger partial charge on any atom is 0.311 e. The van der Waals surface area contributed by atoms with Gasteiger partial charge in [0.1, 0.15) is 11.8 Å². The highest BCUT2D eigenvalue weighted by Crippen LogP contribution is 2.23. The zero-order valence-corrected chi connectivity index (χ0v) is 9.73. The quantitative estimate of drug-likeness (QED) is 0.492. The van der Waals surface area contributed by atoms with Crippen LogP contribution in [0, 0.1) is 10.1 Å². The fraction of sp³-hybridized carbons (Fsp3) is 0.333. The highest BCUT2D eigenvalue weighted by atomic mass is 35.5. The molecule has 0 atom stereocenters. The lowest BCUT2D eigenvalue weighted by atomic mass is 10.4. The maximum atomic E-state index is 11.3. The highest BCUT2D eigenvalue weighted by molar-refractivity contribution is 6.29. The first-order valence-electron chi connectivity index (χ1n) is 4.73. The Bertz CT molecular complexity index is 438. The fourth-order valence-electron chi connectivity index (χ4n) is 1.03. The van der Waals surface area contributed by atoms with Gasteiger partial charge in [-0.1, -0.05) is 11.6 Å². The molecule has 0 aliphatic carbocycles. The number of amides is 1. The number of pyridine rings is 1. The number of carbonyl (C=O) groups is 1. The predicted molar refractivity (Wildman–Crippen MR) is 61.0 cm³/mol. The monoisotopic (exact) mass is 259 g/mol. The van der Waals surface area contributed by atoms with Gasteiger partial charge in [0.15, 0.2) is 0 Å². The predicted octanol–water partition coefficient (Wildman–Crippen LogP) is 1.62. The summed E-state index contributed by atoms with van der Waals surface area (Å²) in [6, 6.07) is 2.45. The summed E-state index contributed by atoms with van der Waals surface area (Å²) in [5, 5.41) is 13.0. The van der Waals surface area contributed by atoms with Crippen molar-refractivity contribution in [1.82, 2.24) is 4.98 Å². The molecule has 0 aliphatic rings. The van der Waals surface area contributed by atoms with E-state index in [-0.39, 0.29) is 23.3 Å². The molecule has 0 radical (unpaired) electrons. The van der Waals surface area contributed by atoms with Crippen molar-refractivity contribution < 1.29 is 14.5 Å². The van der Waals surface area contributed by atoms with E-state index in [1.165, 1.54) is 12.1 Å². The van der Waals surface area contributed by atoms with Gasteiger partial charge in [0, 0.05) is 12.7 Å². The van der Waals surface area contributed by atoms with Crippen molar-refractivity contribution in [2.24, 2.45) is 0 Å². The van der Waals surface area contributed by atoms with Crippen molar-refractivity contribution in [2.45, 2.75) is 6.92 Å². The van der Waals surface area contributed by atoms with Crippen LogP contribution in [0.5, 0.6) is 0 Å². The van der Waals surface area contributed by atoms with E-state index >= 15 is 0 Å². The lowest BCUT2D eigenvalue weighted by molar-refractivity contribution is -0.384. The Balaban J connectivity index is 2.85. The molecule has 17 heavy (non-hydrogen) atoms. The zero-order valence-electron chi connectivity index (χ0n) is 8.97. The molecule has 0 saturated carbocycles. The first-order chi connectivity index (χ1) is 8.04. The lowest BCUT2D eigenvalue weighted by Crippen LogP contribution is -2.19. The lowest BCUT2D eigenvalue weighted by Gasteiger charge is -2.05. The number of aromatic nitrogens is 1. The number of nitrogens with zero attached hydrogens (tertiary/aromatic N) is 2. The van der Waals surface area contributed by atoms with Crippen LogP contribution in [0.15, 0.2) is 12.1 Å². The van der Waals surface area contributed by atoms with Gasteiger partial charge in [-0.3, -0.25) is 14.9 Å². The summed E-state index contributed by atoms with van der Waals surface area (Å²) < 4.78 is 4.86. The molecule has 1 N–H and O–H groups in total. The van der Waals surface area contributed by atoms with Crippen molar-refractivity contribution in [3.63, 3.8) is 0 Å². The number of anilines is 1. The molecule has 0 aliphatic heterocycles. The summed E-state index contributed by atoms with van der Waals surface area (Å²) in [6.45, 7) is 1.91. The van der Waals surface area contributed by atoms with Gasteiger partial charge in [-0.2, -0.15) is 0 Å². The third-order valence-corrected chi connectivity index (χ3v) is 1.94. The molecule has 7 nitrogen and oxygen atoms in total. The molecular formula is C9H10ClN3O4. The van der Waals surface area contributed by atoms with Gasteiger partial charge in [0.05, 0.1) is 4.92 Å². The first kappa shape index (κ1) is 13.3. The molecule has 1 rings (SSSR count). The minimum Gasteiger partial charge on any atom is -0.372 e. The van der Waals surface area contributed by atoms with Crippen LogP contribution in [0.1, 0.15) is 6.92 Å². The van der Waals surface area contributed by atoms with E-state index in [0.29, 0.717) is 6.61 Å². The maximum absolute atomic E-state index is 11.3. The van der Waals surface area contributed by atoms with E-state index in [9.17, 15) is 14.9 Å². The Hall–Kier alpha value is -1.73. The van der Waals surface area contributed by atoms with Crippen LogP contribution in [-0.4, -0.2) is 29.0 Å². The molecule has 8 heteroatoms. The van der Waals surface area contributed by atoms with Gasteiger partial charge < -0.3 is 10.1 Å². The number of ether oxygens (including phenoxy) is 1. The molecule has 0 bridgehead atoms. The standard InChI is InChI=1S/C9H10ClN3O4/c1-2-17-5-8(14)12-9-6(13(15)16)3-4-7(10)11-9/h3-4H,2,5H2,1H3,(H,11,12,14). The van der Waals surface area contributed by atoms with E-state index in [1.54, 1.807) is 6.92 Å². The average Bonchev–Trinajstić information content (AvgIpc) is 2.26. The van der Waals surface area contributed by atoms with Crippen LogP contribution in [0.4, 0.5) is 11.5 Å². The van der Waals surface area contributed by atoms with Crippen molar-refractivity contribution in [3.8, 4) is 0 Å². The molecule has 1 aromatic heterocycles. The van der Waals surface area contributed by atoms with Crippen LogP contribution >= 0.6 is 11.6 Å². The number of nitrogens with one attached hydrogen (secondary N) is 1. The Morgan fingerprint density at radius 3 is 2.94 bits per heavy atom. The number of nitro groups is 1. The summed E-state index contributed by atoms with van der Waals surface area (Å²) in [7, 11) is 0. The fourth-order valence-corrected chi connectivity index (χ4v) is 1.18. The Morgan fingerprint density at radius 1 is 1.65 bits per heavy atom. The van der Waals surface area contributed by atoms with Crippen molar-refractivity contribution in [1.29, 1.82) is 0 Å². The van der Waals surface area contributed by atoms with Gasteiger partial charge in [0.25, 0.3) is 5.91 Å². The third-order valence-electron chi connectivity index (χ3n) is 1.73. The van der Waals surface area contributed by atoms with Gasteiger partial charge in [-0.05, 0) is 13.0 Å². The molecule has 0 fully saturated rings. The van der Waals surface area contributed by atoms with Gasteiger partial charge >= 0.3 is 5.69 Å². The Labute approximate surface area is 102 Å². The molecule has 92 valence electrons. The van der Waals surface area contributed by atoms with Crippen LogP contribution in [0.25, 0.3) is 0 Å². The summed E-state index contributed by atoms with van der Waals surface area (Å²) in [5.41, 5.74) is -0.320. The van der Waals surface area contributed by atoms with E-state index in [0.717, 1.165) is 0 Å². The molecule has 0 unspecified atom stereocenters. The van der Waals surface area contributed by atoms with Crippen LogP contribution in [-0.2, 0) is 9.53 Å². The molecular weight excluding hydrogens is 250 g/mol. The van der Waals surface area contributed by atoms with Crippen molar-refractivity contribution in [2.75, 3.05) is 18.5 Å². The molecule has 1 aromatic rings. The first-order valence-corrected chi connectivity index (χ1v) is 5.11. The second-order valence-corrected chi connectivity index (χ2v) is 3.33. The normalized spacial score (nSPS) is 10.0. The minimum absolute atomic E-state index is 0.0577.